The third-order valence-corrected chi connectivity index (χ3v) is 4.57. The number of benzene rings is 1. The Balaban J connectivity index is 2.39. The largest absolute Gasteiger partial charge is 0.491 e. The van der Waals surface area contributed by atoms with Crippen molar-refractivity contribution >= 4 is 23.6 Å². The summed E-state index contributed by atoms with van der Waals surface area (Å²) in [7, 11) is -1.11. The molecule has 2 rings (SSSR count). The molecular formula is C17H27BN2O3. The predicted octanol–water partition coefficient (Wildman–Crippen LogP) is 2.18. The monoisotopic (exact) mass is 318 g/mol. The lowest BCUT2D eigenvalue weighted by Crippen LogP contribution is -2.53. The number of aliphatic hydroxyl groups is 1. The summed E-state index contributed by atoms with van der Waals surface area (Å²) in [5.41, 5.74) is 0.550. The van der Waals surface area contributed by atoms with Gasteiger partial charge < -0.3 is 19.4 Å². The summed E-state index contributed by atoms with van der Waals surface area (Å²) in [5.74, 6) is 0.944. The van der Waals surface area contributed by atoms with Crippen LogP contribution in [0, 0.1) is 6.92 Å². The maximum absolute atomic E-state index is 10.5. The summed E-state index contributed by atoms with van der Waals surface area (Å²) in [6.07, 6.45) is 0. The third-order valence-electron chi connectivity index (χ3n) is 4.57. The number of fused-ring (bicyclic) bond motifs is 1. The normalized spacial score (nSPS) is 13.1. The number of aryl methyl sites for hydroxylation is 1. The first-order valence-electron chi connectivity index (χ1n) is 8.01. The molecular weight excluding hydrogens is 291 g/mol. The lowest BCUT2D eigenvalue weighted by atomic mass is 9.76. The van der Waals surface area contributed by atoms with Crippen LogP contribution in [0.25, 0.3) is 11.0 Å². The molecule has 2 N–H and O–H groups in total. The smallest absolute Gasteiger partial charge is 0.423 e. The van der Waals surface area contributed by atoms with Gasteiger partial charge in [0.05, 0.1) is 22.2 Å². The van der Waals surface area contributed by atoms with Crippen molar-refractivity contribution in [3.8, 4) is 0 Å². The molecule has 0 radical (unpaired) electrons. The minimum Gasteiger partial charge on any atom is -0.423 e. The van der Waals surface area contributed by atoms with Gasteiger partial charge in [0.1, 0.15) is 5.82 Å². The number of aromatic nitrogens is 2. The van der Waals surface area contributed by atoms with Gasteiger partial charge in [0.15, 0.2) is 0 Å². The molecule has 0 aliphatic heterocycles. The van der Waals surface area contributed by atoms with Gasteiger partial charge in [-0.25, -0.2) is 4.98 Å². The fourth-order valence-electron chi connectivity index (χ4n) is 2.53. The van der Waals surface area contributed by atoms with E-state index < -0.39 is 18.3 Å². The topological polar surface area (TPSA) is 67.5 Å². The summed E-state index contributed by atoms with van der Waals surface area (Å²) < 4.78 is 7.85. The second-order valence-electron chi connectivity index (χ2n) is 7.41. The van der Waals surface area contributed by atoms with Crippen LogP contribution in [0.5, 0.6) is 0 Å². The Morgan fingerprint density at radius 2 is 1.83 bits per heavy atom. The molecule has 1 aromatic heterocycles. The van der Waals surface area contributed by atoms with Crippen LogP contribution >= 0.6 is 0 Å². The molecule has 1 heterocycles. The summed E-state index contributed by atoms with van der Waals surface area (Å²) in [5, 5.41) is 20.6. The average Bonchev–Trinajstić information content (AvgIpc) is 2.71. The van der Waals surface area contributed by atoms with Gasteiger partial charge in [-0.1, -0.05) is 6.07 Å². The van der Waals surface area contributed by atoms with Crippen LogP contribution in [0.4, 0.5) is 0 Å². The molecule has 0 saturated carbocycles. The summed E-state index contributed by atoms with van der Waals surface area (Å²) in [6.45, 7) is 13.0. The van der Waals surface area contributed by atoms with Crippen molar-refractivity contribution in [1.82, 2.24) is 9.55 Å². The third kappa shape index (κ3) is 3.44. The second-order valence-corrected chi connectivity index (χ2v) is 7.41. The Hall–Kier alpha value is -1.37. The van der Waals surface area contributed by atoms with E-state index in [1.165, 1.54) is 0 Å². The van der Waals surface area contributed by atoms with Crippen LogP contribution < -0.4 is 5.46 Å². The highest BCUT2D eigenvalue weighted by atomic mass is 16.5. The first-order chi connectivity index (χ1) is 10.4. The van der Waals surface area contributed by atoms with Gasteiger partial charge in [0, 0.05) is 6.04 Å². The van der Waals surface area contributed by atoms with Crippen LogP contribution in [0.15, 0.2) is 18.2 Å². The number of hydrogen-bond acceptors (Lipinski definition) is 4. The van der Waals surface area contributed by atoms with Gasteiger partial charge in [-0.15, -0.1) is 0 Å². The van der Waals surface area contributed by atoms with E-state index >= 15 is 0 Å². The molecule has 126 valence electrons. The molecule has 0 atom stereocenters. The Kier molecular flexibility index (Phi) is 4.63. The minimum absolute atomic E-state index is 0.279. The van der Waals surface area contributed by atoms with E-state index in [-0.39, 0.29) is 6.04 Å². The van der Waals surface area contributed by atoms with Crippen LogP contribution in [-0.2, 0) is 4.65 Å². The quantitative estimate of drug-likeness (QED) is 0.829. The Bertz CT molecular complexity index is 702. The van der Waals surface area contributed by atoms with Gasteiger partial charge in [-0.2, -0.15) is 0 Å². The fraction of sp³-hybridized carbons (Fsp3) is 0.588. The van der Waals surface area contributed by atoms with Gasteiger partial charge >= 0.3 is 7.12 Å². The zero-order chi connectivity index (χ0) is 17.6. The van der Waals surface area contributed by atoms with Crippen LogP contribution in [0.1, 0.15) is 53.4 Å². The van der Waals surface area contributed by atoms with Gasteiger partial charge in [0.25, 0.3) is 0 Å². The van der Waals surface area contributed by atoms with E-state index in [9.17, 15) is 10.1 Å². The van der Waals surface area contributed by atoms with E-state index in [1.807, 2.05) is 25.1 Å². The average molecular weight is 318 g/mol. The Labute approximate surface area is 138 Å². The number of rotatable bonds is 5. The SMILES string of the molecule is Cc1nc2ccc(B(O)OC(C)(C)C(C)(C)O)cc2n1C(C)C. The molecule has 0 fully saturated rings. The van der Waals surface area contributed by atoms with Crippen LogP contribution in [0.3, 0.4) is 0 Å². The molecule has 0 unspecified atom stereocenters. The number of imidazole rings is 1. The van der Waals surface area contributed by atoms with Crippen molar-refractivity contribution < 1.29 is 14.8 Å². The highest BCUT2D eigenvalue weighted by Gasteiger charge is 2.39. The lowest BCUT2D eigenvalue weighted by molar-refractivity contribution is -0.0982. The minimum atomic E-state index is -1.11. The molecule has 23 heavy (non-hydrogen) atoms. The number of nitrogens with zero attached hydrogens (tertiary/aromatic N) is 2. The molecule has 6 heteroatoms. The van der Waals surface area contributed by atoms with E-state index in [0.29, 0.717) is 5.46 Å². The van der Waals surface area contributed by atoms with E-state index in [2.05, 4.69) is 23.4 Å². The number of hydrogen-bond donors (Lipinski definition) is 2. The van der Waals surface area contributed by atoms with Crippen molar-refractivity contribution in [2.45, 2.75) is 65.7 Å². The van der Waals surface area contributed by atoms with Crippen molar-refractivity contribution in [2.75, 3.05) is 0 Å². The standard InChI is InChI=1S/C17H27BN2O3/c1-11(2)20-12(3)19-14-9-8-13(10-15(14)20)18(22)23-17(6,7)16(4,5)21/h8-11,21-22H,1-7H3. The van der Waals surface area contributed by atoms with E-state index in [1.54, 1.807) is 27.7 Å². The zero-order valence-electron chi connectivity index (χ0n) is 15.1. The predicted molar refractivity (Wildman–Crippen MR) is 93.9 cm³/mol. The Morgan fingerprint density at radius 1 is 1.22 bits per heavy atom. The molecule has 2 aromatic rings. The van der Waals surface area contributed by atoms with E-state index in [0.717, 1.165) is 16.9 Å². The molecule has 0 aliphatic carbocycles. The molecule has 0 spiro atoms. The maximum atomic E-state index is 10.5. The second kappa shape index (κ2) is 5.93. The van der Waals surface area contributed by atoms with Crippen molar-refractivity contribution in [2.24, 2.45) is 0 Å². The molecule has 0 bridgehead atoms. The lowest BCUT2D eigenvalue weighted by Gasteiger charge is -2.38. The molecule has 0 saturated heterocycles. The highest BCUT2D eigenvalue weighted by Crippen LogP contribution is 2.26. The first-order valence-corrected chi connectivity index (χ1v) is 8.01. The van der Waals surface area contributed by atoms with Crippen molar-refractivity contribution in [3.63, 3.8) is 0 Å². The molecule has 1 aromatic carbocycles. The van der Waals surface area contributed by atoms with Crippen molar-refractivity contribution in [1.29, 1.82) is 0 Å². The van der Waals surface area contributed by atoms with Gasteiger partial charge in [-0.3, -0.25) is 0 Å². The molecule has 0 aliphatic rings. The van der Waals surface area contributed by atoms with E-state index in [4.69, 9.17) is 4.65 Å². The van der Waals surface area contributed by atoms with Gasteiger partial charge in [0.2, 0.25) is 0 Å². The highest BCUT2D eigenvalue weighted by molar-refractivity contribution is 6.60. The maximum Gasteiger partial charge on any atom is 0.491 e. The van der Waals surface area contributed by atoms with Gasteiger partial charge in [-0.05, 0) is 66.1 Å². The zero-order valence-corrected chi connectivity index (χ0v) is 15.1. The van der Waals surface area contributed by atoms with Crippen LogP contribution in [-0.4, -0.2) is 38.0 Å². The molecule has 5 nitrogen and oxygen atoms in total. The summed E-state index contributed by atoms with van der Waals surface area (Å²) in [4.78, 5) is 4.55. The first kappa shape index (κ1) is 18.0. The van der Waals surface area contributed by atoms with Crippen molar-refractivity contribution in [3.05, 3.63) is 24.0 Å². The fourth-order valence-corrected chi connectivity index (χ4v) is 2.53. The summed E-state index contributed by atoms with van der Waals surface area (Å²) >= 11 is 0. The Morgan fingerprint density at radius 3 is 2.35 bits per heavy atom. The van der Waals surface area contributed by atoms with Crippen LogP contribution in [0.2, 0.25) is 0 Å². The molecule has 0 amide bonds. The summed E-state index contributed by atoms with van der Waals surface area (Å²) in [6, 6.07) is 5.88.